The number of aryl methyl sites for hydroxylation is 1. The average Bonchev–Trinajstić information content (AvgIpc) is 3.01. The summed E-state index contributed by atoms with van der Waals surface area (Å²) in [6.07, 6.45) is 2.49. The maximum absolute atomic E-state index is 13.0. The molecule has 27 heavy (non-hydrogen) atoms. The Morgan fingerprint density at radius 2 is 1.93 bits per heavy atom. The molecular formula is C21H33N3O3. The minimum atomic E-state index is -0.490. The molecule has 0 spiro atoms. The lowest BCUT2D eigenvalue weighted by Gasteiger charge is -2.38. The molecule has 6 nitrogen and oxygen atoms in total. The van der Waals surface area contributed by atoms with E-state index in [1.807, 2.05) is 32.9 Å². The Morgan fingerprint density at radius 1 is 1.22 bits per heavy atom. The number of aliphatic hydroxyl groups excluding tert-OH is 1. The molecule has 1 saturated heterocycles. The van der Waals surface area contributed by atoms with Crippen LogP contribution in [0.1, 0.15) is 52.5 Å². The normalized spacial score (nSPS) is 19.6. The van der Waals surface area contributed by atoms with Crippen LogP contribution in [0, 0.1) is 18.8 Å². The van der Waals surface area contributed by atoms with Crippen molar-refractivity contribution in [2.75, 3.05) is 23.8 Å². The van der Waals surface area contributed by atoms with Crippen LogP contribution in [0.2, 0.25) is 0 Å². The summed E-state index contributed by atoms with van der Waals surface area (Å²) in [7, 11) is 0. The number of amides is 3. The molecule has 6 heteroatoms. The average molecular weight is 376 g/mol. The fourth-order valence-electron chi connectivity index (χ4n) is 3.76. The highest BCUT2D eigenvalue weighted by Crippen LogP contribution is 2.35. The predicted molar refractivity (Wildman–Crippen MR) is 109 cm³/mol. The zero-order valence-corrected chi connectivity index (χ0v) is 17.1. The van der Waals surface area contributed by atoms with E-state index in [0.29, 0.717) is 23.8 Å². The van der Waals surface area contributed by atoms with Crippen LogP contribution in [-0.2, 0) is 4.79 Å². The van der Waals surface area contributed by atoms with Gasteiger partial charge in [0.25, 0.3) is 0 Å². The second kappa shape index (κ2) is 8.74. The van der Waals surface area contributed by atoms with E-state index in [2.05, 4.69) is 24.5 Å². The monoisotopic (exact) mass is 375 g/mol. The van der Waals surface area contributed by atoms with Gasteiger partial charge in [0.05, 0.1) is 12.1 Å². The topological polar surface area (TPSA) is 81.7 Å². The standard InChI is InChI=1S/C21H33N3O3/c1-14(2)12-21(13-25)9-6-10-24(21)20(27)23-18-11-17(8-7-16(18)5)22-19(26)15(3)4/h7-8,11,14-15,25H,6,9-10,12-13H2,1-5H3,(H,22,26)(H,23,27). The fourth-order valence-corrected chi connectivity index (χ4v) is 3.76. The molecule has 1 heterocycles. The van der Waals surface area contributed by atoms with Gasteiger partial charge in [0.1, 0.15) is 0 Å². The van der Waals surface area contributed by atoms with Gasteiger partial charge in [-0.2, -0.15) is 0 Å². The summed E-state index contributed by atoms with van der Waals surface area (Å²) in [4.78, 5) is 26.7. The van der Waals surface area contributed by atoms with Gasteiger partial charge in [0.2, 0.25) is 5.91 Å². The van der Waals surface area contributed by atoms with Crippen molar-refractivity contribution < 1.29 is 14.7 Å². The lowest BCUT2D eigenvalue weighted by atomic mass is 9.87. The molecule has 1 fully saturated rings. The van der Waals surface area contributed by atoms with Crippen molar-refractivity contribution in [2.45, 2.75) is 59.4 Å². The number of carbonyl (C=O) groups is 2. The van der Waals surface area contributed by atoms with Crippen LogP contribution >= 0.6 is 0 Å². The molecule has 1 atom stereocenters. The highest BCUT2D eigenvalue weighted by atomic mass is 16.3. The molecule has 3 N–H and O–H groups in total. The van der Waals surface area contributed by atoms with E-state index >= 15 is 0 Å². The van der Waals surface area contributed by atoms with Gasteiger partial charge in [-0.3, -0.25) is 4.79 Å². The highest BCUT2D eigenvalue weighted by Gasteiger charge is 2.43. The van der Waals surface area contributed by atoms with Crippen LogP contribution in [0.5, 0.6) is 0 Å². The maximum Gasteiger partial charge on any atom is 0.322 e. The van der Waals surface area contributed by atoms with Crippen molar-refractivity contribution in [3.63, 3.8) is 0 Å². The summed E-state index contributed by atoms with van der Waals surface area (Å²) < 4.78 is 0. The summed E-state index contributed by atoms with van der Waals surface area (Å²) in [5, 5.41) is 15.9. The number of anilines is 2. The Hall–Kier alpha value is -2.08. The summed E-state index contributed by atoms with van der Waals surface area (Å²) >= 11 is 0. The number of urea groups is 1. The van der Waals surface area contributed by atoms with E-state index in [0.717, 1.165) is 24.8 Å². The zero-order chi connectivity index (χ0) is 20.2. The Labute approximate surface area is 162 Å². The lowest BCUT2D eigenvalue weighted by molar-refractivity contribution is -0.118. The first kappa shape index (κ1) is 21.2. The van der Waals surface area contributed by atoms with Crippen LogP contribution in [0.15, 0.2) is 18.2 Å². The van der Waals surface area contributed by atoms with E-state index in [-0.39, 0.29) is 24.5 Å². The van der Waals surface area contributed by atoms with Crippen molar-refractivity contribution in [3.8, 4) is 0 Å². The van der Waals surface area contributed by atoms with Crippen LogP contribution in [0.4, 0.5) is 16.2 Å². The summed E-state index contributed by atoms with van der Waals surface area (Å²) in [5.41, 5.74) is 1.76. The minimum absolute atomic E-state index is 0.0257. The van der Waals surface area contributed by atoms with Gasteiger partial charge >= 0.3 is 6.03 Å². The van der Waals surface area contributed by atoms with Crippen molar-refractivity contribution >= 4 is 23.3 Å². The molecule has 1 unspecified atom stereocenters. The van der Waals surface area contributed by atoms with E-state index < -0.39 is 5.54 Å². The van der Waals surface area contributed by atoms with Crippen molar-refractivity contribution in [3.05, 3.63) is 23.8 Å². The summed E-state index contributed by atoms with van der Waals surface area (Å²) in [5.74, 6) is 0.212. The smallest absolute Gasteiger partial charge is 0.322 e. The van der Waals surface area contributed by atoms with Crippen LogP contribution in [-0.4, -0.2) is 40.6 Å². The second-order valence-electron chi connectivity index (χ2n) is 8.34. The molecule has 1 aromatic rings. The van der Waals surface area contributed by atoms with Crippen molar-refractivity contribution in [1.29, 1.82) is 0 Å². The number of carbonyl (C=O) groups excluding carboxylic acids is 2. The number of hydrogen-bond donors (Lipinski definition) is 3. The molecule has 0 aromatic heterocycles. The number of nitrogens with one attached hydrogen (secondary N) is 2. The maximum atomic E-state index is 13.0. The number of likely N-dealkylation sites (tertiary alicyclic amines) is 1. The van der Waals surface area contributed by atoms with Crippen molar-refractivity contribution in [1.82, 2.24) is 4.90 Å². The first-order valence-electron chi connectivity index (χ1n) is 9.79. The van der Waals surface area contributed by atoms with Crippen molar-refractivity contribution in [2.24, 2.45) is 11.8 Å². The lowest BCUT2D eigenvalue weighted by Crippen LogP contribution is -2.52. The number of hydrogen-bond acceptors (Lipinski definition) is 3. The molecule has 3 amide bonds. The molecule has 1 aliphatic heterocycles. The van der Waals surface area contributed by atoms with Gasteiger partial charge in [-0.25, -0.2) is 4.79 Å². The van der Waals surface area contributed by atoms with Gasteiger partial charge in [0, 0.05) is 23.8 Å². The van der Waals surface area contributed by atoms with Gasteiger partial charge in [0.15, 0.2) is 0 Å². The first-order chi connectivity index (χ1) is 12.7. The van der Waals surface area contributed by atoms with E-state index in [1.165, 1.54) is 0 Å². The molecule has 0 saturated carbocycles. The number of nitrogens with zero attached hydrogens (tertiary/aromatic N) is 1. The Kier molecular flexibility index (Phi) is 6.87. The van der Waals surface area contributed by atoms with E-state index in [1.54, 1.807) is 11.0 Å². The Bertz CT molecular complexity index is 687. The number of benzene rings is 1. The van der Waals surface area contributed by atoms with E-state index in [4.69, 9.17) is 0 Å². The summed E-state index contributed by atoms with van der Waals surface area (Å²) in [6, 6.07) is 5.30. The molecular weight excluding hydrogens is 342 g/mol. The van der Waals surface area contributed by atoms with E-state index in [9.17, 15) is 14.7 Å². The quantitative estimate of drug-likeness (QED) is 0.703. The zero-order valence-electron chi connectivity index (χ0n) is 17.1. The fraction of sp³-hybridized carbons (Fsp3) is 0.619. The largest absolute Gasteiger partial charge is 0.394 e. The third kappa shape index (κ3) is 5.01. The Balaban J connectivity index is 2.18. The number of aliphatic hydroxyl groups is 1. The second-order valence-corrected chi connectivity index (χ2v) is 8.34. The van der Waals surface area contributed by atoms with Crippen LogP contribution in [0.25, 0.3) is 0 Å². The summed E-state index contributed by atoms with van der Waals surface area (Å²) in [6.45, 7) is 10.4. The van der Waals surface area contributed by atoms with Crippen LogP contribution in [0.3, 0.4) is 0 Å². The Morgan fingerprint density at radius 3 is 2.52 bits per heavy atom. The third-order valence-corrected chi connectivity index (χ3v) is 5.20. The predicted octanol–water partition coefficient (Wildman–Crippen LogP) is 3.99. The third-order valence-electron chi connectivity index (χ3n) is 5.20. The molecule has 0 radical (unpaired) electrons. The minimum Gasteiger partial charge on any atom is -0.394 e. The first-order valence-corrected chi connectivity index (χ1v) is 9.79. The SMILES string of the molecule is Cc1ccc(NC(=O)C(C)C)cc1NC(=O)N1CCCC1(CO)CC(C)C. The number of rotatable bonds is 6. The molecule has 1 aromatic carbocycles. The molecule has 150 valence electrons. The molecule has 0 aliphatic carbocycles. The van der Waals surface area contributed by atoms with Gasteiger partial charge in [-0.05, 0) is 49.8 Å². The van der Waals surface area contributed by atoms with Gasteiger partial charge in [-0.1, -0.05) is 33.8 Å². The molecule has 0 bridgehead atoms. The molecule has 1 aliphatic rings. The molecule has 2 rings (SSSR count). The van der Waals surface area contributed by atoms with Gasteiger partial charge < -0.3 is 20.6 Å². The van der Waals surface area contributed by atoms with Crippen LogP contribution < -0.4 is 10.6 Å². The highest BCUT2D eigenvalue weighted by molar-refractivity contribution is 5.95. The van der Waals surface area contributed by atoms with Gasteiger partial charge in [-0.15, -0.1) is 0 Å².